The molecule has 1 atom stereocenters. The minimum atomic E-state index is -4.35. The second kappa shape index (κ2) is 8.18. The molecule has 0 bridgehead atoms. The number of carbonyl (C=O) groups is 2. The van der Waals surface area contributed by atoms with Gasteiger partial charge >= 0.3 is 12.1 Å². The number of piperazine rings is 1. The minimum Gasteiger partial charge on any atom is -0.424 e. The molecule has 2 aliphatic heterocycles. The van der Waals surface area contributed by atoms with Gasteiger partial charge in [-0.3, -0.25) is 19.5 Å². The highest BCUT2D eigenvalue weighted by Crippen LogP contribution is 2.31. The number of benzene rings is 1. The van der Waals surface area contributed by atoms with Crippen molar-refractivity contribution in [3.05, 3.63) is 47.8 Å². The molecule has 4 rings (SSSR count). The number of hydrogen-bond acceptors (Lipinski definition) is 6. The first-order chi connectivity index (χ1) is 14.7. The van der Waals surface area contributed by atoms with E-state index in [1.54, 1.807) is 6.07 Å². The molecule has 10 heteroatoms. The molecule has 0 saturated carbocycles. The number of anilines is 2. The number of esters is 1. The Morgan fingerprint density at radius 1 is 1.26 bits per heavy atom. The summed E-state index contributed by atoms with van der Waals surface area (Å²) in [5.74, 6) is -0.228. The molecule has 31 heavy (non-hydrogen) atoms. The maximum atomic E-state index is 12.8. The van der Waals surface area contributed by atoms with Crippen LogP contribution in [0.1, 0.15) is 18.2 Å². The Bertz CT molecular complexity index is 994. The van der Waals surface area contributed by atoms with E-state index in [1.807, 2.05) is 16.7 Å². The normalized spacial score (nSPS) is 19.2. The Kier molecular flexibility index (Phi) is 5.57. The number of halogens is 3. The number of nitrogens with zero attached hydrogens (tertiary/aromatic N) is 3. The van der Waals surface area contributed by atoms with Crippen LogP contribution in [-0.2, 0) is 22.2 Å². The fourth-order valence-corrected chi connectivity index (χ4v) is 3.86. The highest BCUT2D eigenvalue weighted by atomic mass is 19.4. The molecule has 1 N–H and O–H groups in total. The van der Waals surface area contributed by atoms with Crippen LogP contribution in [0.2, 0.25) is 0 Å². The number of pyridine rings is 1. The molecule has 0 unspecified atom stereocenters. The summed E-state index contributed by atoms with van der Waals surface area (Å²) < 4.78 is 43.3. The van der Waals surface area contributed by atoms with E-state index >= 15 is 0 Å². The molecular weight excluding hydrogens is 413 g/mol. The summed E-state index contributed by atoms with van der Waals surface area (Å²) in [6.07, 6.45) is -2.74. The van der Waals surface area contributed by atoms with Crippen LogP contribution < -0.4 is 15.0 Å². The van der Waals surface area contributed by atoms with E-state index in [-0.39, 0.29) is 30.9 Å². The highest BCUT2D eigenvalue weighted by Gasteiger charge is 2.31. The van der Waals surface area contributed by atoms with E-state index in [4.69, 9.17) is 4.74 Å². The smallest absolute Gasteiger partial charge is 0.416 e. The largest absolute Gasteiger partial charge is 0.424 e. The average Bonchev–Trinajstić information content (AvgIpc) is 3.07. The summed E-state index contributed by atoms with van der Waals surface area (Å²) in [4.78, 5) is 31.9. The highest BCUT2D eigenvalue weighted by molar-refractivity contribution is 5.92. The van der Waals surface area contributed by atoms with Crippen molar-refractivity contribution in [1.82, 2.24) is 9.88 Å². The third-order valence-corrected chi connectivity index (χ3v) is 5.35. The number of alkyl halides is 3. The van der Waals surface area contributed by atoms with Gasteiger partial charge in [0.05, 0.1) is 36.1 Å². The van der Waals surface area contributed by atoms with Crippen LogP contribution in [0.3, 0.4) is 0 Å². The second-order valence-corrected chi connectivity index (χ2v) is 7.69. The van der Waals surface area contributed by atoms with Crippen LogP contribution in [0.15, 0.2) is 36.5 Å². The van der Waals surface area contributed by atoms with Crippen LogP contribution in [0, 0.1) is 0 Å². The van der Waals surface area contributed by atoms with Crippen LogP contribution in [0.5, 0.6) is 5.75 Å². The predicted octanol–water partition coefficient (Wildman–Crippen LogP) is 2.71. The molecule has 0 radical (unpaired) electrons. The lowest BCUT2D eigenvalue weighted by atomic mass is 10.1. The third kappa shape index (κ3) is 4.79. The van der Waals surface area contributed by atoms with Gasteiger partial charge in [0.2, 0.25) is 5.91 Å². The van der Waals surface area contributed by atoms with Crippen LogP contribution in [-0.4, -0.2) is 54.0 Å². The number of hydrogen-bond donors (Lipinski definition) is 1. The van der Waals surface area contributed by atoms with Gasteiger partial charge in [-0.25, -0.2) is 0 Å². The Balaban J connectivity index is 1.31. The zero-order valence-corrected chi connectivity index (χ0v) is 16.8. The standard InChI is InChI=1S/C21H21F3N4O3/c1-13-11-27(6-7-28(13)16-4-2-14(3-5-16)21(22,23)24)12-19(29)26-15-8-18-17(25-10-15)9-20(30)31-18/h2-5,8,10,13H,6-7,9,11-12H2,1H3,(H,26,29)/t13-/m1/s1. The molecule has 1 fully saturated rings. The van der Waals surface area contributed by atoms with E-state index in [2.05, 4.69) is 10.3 Å². The fraction of sp³-hybridized carbons (Fsp3) is 0.381. The van der Waals surface area contributed by atoms with Crippen molar-refractivity contribution in [2.45, 2.75) is 25.6 Å². The van der Waals surface area contributed by atoms with Crippen LogP contribution in [0.25, 0.3) is 0 Å². The SMILES string of the molecule is C[C@@H]1CN(CC(=O)Nc2cnc3c(c2)OC(=O)C3)CCN1c1ccc(C(F)(F)F)cc1. The number of rotatable bonds is 4. The van der Waals surface area contributed by atoms with Gasteiger partial charge in [0, 0.05) is 37.4 Å². The number of nitrogens with one attached hydrogen (secondary N) is 1. The van der Waals surface area contributed by atoms with Crippen LogP contribution >= 0.6 is 0 Å². The van der Waals surface area contributed by atoms with Crippen molar-refractivity contribution in [1.29, 1.82) is 0 Å². The van der Waals surface area contributed by atoms with Crippen molar-refractivity contribution in [3.63, 3.8) is 0 Å². The average molecular weight is 434 g/mol. The van der Waals surface area contributed by atoms with Gasteiger partial charge in [-0.1, -0.05) is 0 Å². The fourth-order valence-electron chi connectivity index (χ4n) is 3.86. The van der Waals surface area contributed by atoms with E-state index in [1.165, 1.54) is 18.3 Å². The summed E-state index contributed by atoms with van der Waals surface area (Å²) in [7, 11) is 0. The number of carbonyl (C=O) groups excluding carboxylic acids is 2. The Morgan fingerprint density at radius 3 is 2.68 bits per heavy atom. The molecule has 1 amide bonds. The van der Waals surface area contributed by atoms with Crippen LogP contribution in [0.4, 0.5) is 24.5 Å². The first kappa shape index (κ1) is 21.1. The van der Waals surface area contributed by atoms with Crippen molar-refractivity contribution in [2.75, 3.05) is 36.4 Å². The quantitative estimate of drug-likeness (QED) is 0.746. The summed E-state index contributed by atoms with van der Waals surface area (Å²) in [5.41, 5.74) is 1.06. The molecule has 164 valence electrons. The molecule has 1 aromatic carbocycles. The van der Waals surface area contributed by atoms with Gasteiger partial charge in [-0.05, 0) is 31.2 Å². The maximum Gasteiger partial charge on any atom is 0.416 e. The van der Waals surface area contributed by atoms with Gasteiger partial charge in [-0.2, -0.15) is 13.2 Å². The zero-order chi connectivity index (χ0) is 22.2. The molecule has 1 aromatic heterocycles. The number of aromatic nitrogens is 1. The van der Waals surface area contributed by atoms with E-state index < -0.39 is 11.7 Å². The van der Waals surface area contributed by atoms with Crippen molar-refractivity contribution >= 4 is 23.3 Å². The molecular formula is C21H21F3N4O3. The molecule has 7 nitrogen and oxygen atoms in total. The first-order valence-electron chi connectivity index (χ1n) is 9.85. The van der Waals surface area contributed by atoms with Gasteiger partial charge in [0.1, 0.15) is 0 Å². The molecule has 0 aliphatic carbocycles. The molecule has 2 aromatic rings. The number of ether oxygens (including phenoxy) is 1. The van der Waals surface area contributed by atoms with Gasteiger partial charge in [0.15, 0.2) is 5.75 Å². The minimum absolute atomic E-state index is 0.0272. The van der Waals surface area contributed by atoms with Gasteiger partial charge < -0.3 is 15.0 Å². The maximum absolute atomic E-state index is 12.8. The Hall–Kier alpha value is -3.14. The van der Waals surface area contributed by atoms with Crippen molar-refractivity contribution in [3.8, 4) is 5.75 Å². The van der Waals surface area contributed by atoms with Crippen molar-refractivity contribution < 1.29 is 27.5 Å². The number of amides is 1. The third-order valence-electron chi connectivity index (χ3n) is 5.35. The molecule has 0 spiro atoms. The van der Waals surface area contributed by atoms with Crippen molar-refractivity contribution in [2.24, 2.45) is 0 Å². The monoisotopic (exact) mass is 434 g/mol. The van der Waals surface area contributed by atoms with Gasteiger partial charge in [0.25, 0.3) is 0 Å². The van der Waals surface area contributed by atoms with E-state index in [9.17, 15) is 22.8 Å². The molecule has 3 heterocycles. The summed E-state index contributed by atoms with van der Waals surface area (Å²) in [5, 5.41) is 2.76. The summed E-state index contributed by atoms with van der Waals surface area (Å²) in [6.45, 7) is 3.92. The van der Waals surface area contributed by atoms with Gasteiger partial charge in [-0.15, -0.1) is 0 Å². The Labute approximate surface area is 176 Å². The molecule has 2 aliphatic rings. The Morgan fingerprint density at radius 2 is 2.00 bits per heavy atom. The van der Waals surface area contributed by atoms with E-state index in [0.717, 1.165) is 17.8 Å². The summed E-state index contributed by atoms with van der Waals surface area (Å²) >= 11 is 0. The lowest BCUT2D eigenvalue weighted by molar-refractivity contribution is -0.137. The topological polar surface area (TPSA) is 74.8 Å². The summed E-state index contributed by atoms with van der Waals surface area (Å²) in [6, 6.07) is 6.74. The first-order valence-corrected chi connectivity index (χ1v) is 9.85. The number of fused-ring (bicyclic) bond motifs is 1. The predicted molar refractivity (Wildman–Crippen MR) is 107 cm³/mol. The van der Waals surface area contributed by atoms with E-state index in [0.29, 0.717) is 36.8 Å². The zero-order valence-electron chi connectivity index (χ0n) is 16.8. The lowest BCUT2D eigenvalue weighted by Crippen LogP contribution is -2.53. The second-order valence-electron chi connectivity index (χ2n) is 7.69. The lowest BCUT2D eigenvalue weighted by Gasteiger charge is -2.41. The molecule has 1 saturated heterocycles.